The minimum Gasteiger partial charge on any atom is -0.497 e. The van der Waals surface area contributed by atoms with E-state index in [0.717, 1.165) is 60.8 Å². The Morgan fingerprint density at radius 3 is 2.73 bits per heavy atom. The van der Waals surface area contributed by atoms with Crippen molar-refractivity contribution in [1.82, 2.24) is 15.1 Å². The summed E-state index contributed by atoms with van der Waals surface area (Å²) in [5.74, 6) is 0.845. The van der Waals surface area contributed by atoms with E-state index in [0.29, 0.717) is 0 Å². The largest absolute Gasteiger partial charge is 0.497 e. The van der Waals surface area contributed by atoms with Crippen LogP contribution in [-0.4, -0.2) is 61.6 Å². The Morgan fingerprint density at radius 1 is 1.23 bits per heavy atom. The van der Waals surface area contributed by atoms with Crippen LogP contribution in [0, 0.1) is 0 Å². The highest BCUT2D eigenvalue weighted by molar-refractivity contribution is 7.18. The summed E-state index contributed by atoms with van der Waals surface area (Å²) in [5, 5.41) is 13.6. The minimum atomic E-state index is 0.834. The minimum absolute atomic E-state index is 0.834. The molecule has 1 aromatic carbocycles. The number of morpholine rings is 1. The molecule has 22 heavy (non-hydrogen) atoms. The van der Waals surface area contributed by atoms with Gasteiger partial charge in [-0.3, -0.25) is 4.90 Å². The van der Waals surface area contributed by atoms with Crippen LogP contribution in [0.25, 0.3) is 10.6 Å². The molecule has 1 N–H and O–H groups in total. The predicted molar refractivity (Wildman–Crippen MR) is 87.6 cm³/mol. The first kappa shape index (κ1) is 15.2. The van der Waals surface area contributed by atoms with E-state index in [1.807, 2.05) is 24.3 Å². The third kappa shape index (κ3) is 3.94. The normalized spacial score (nSPS) is 15.7. The second-order valence-corrected chi connectivity index (χ2v) is 6.00. The van der Waals surface area contributed by atoms with Gasteiger partial charge in [-0.15, -0.1) is 10.2 Å². The highest BCUT2D eigenvalue weighted by Crippen LogP contribution is 2.27. The monoisotopic (exact) mass is 320 g/mol. The van der Waals surface area contributed by atoms with Crippen molar-refractivity contribution in [3.05, 3.63) is 24.3 Å². The Bertz CT molecular complexity index is 581. The van der Waals surface area contributed by atoms with Gasteiger partial charge in [-0.2, -0.15) is 0 Å². The van der Waals surface area contributed by atoms with Gasteiger partial charge in [0.15, 0.2) is 0 Å². The third-order valence-corrected chi connectivity index (χ3v) is 4.50. The second kappa shape index (κ2) is 7.53. The number of hydrogen-bond donors (Lipinski definition) is 1. The number of nitrogens with one attached hydrogen (secondary N) is 1. The number of nitrogens with zero attached hydrogens (tertiary/aromatic N) is 3. The van der Waals surface area contributed by atoms with Crippen LogP contribution in [0.3, 0.4) is 0 Å². The first-order chi connectivity index (χ1) is 10.8. The molecule has 1 fully saturated rings. The zero-order valence-electron chi connectivity index (χ0n) is 12.6. The smallest absolute Gasteiger partial charge is 0.206 e. The molecule has 7 heteroatoms. The van der Waals surface area contributed by atoms with Gasteiger partial charge in [0.25, 0.3) is 0 Å². The van der Waals surface area contributed by atoms with Gasteiger partial charge in [0.1, 0.15) is 10.8 Å². The van der Waals surface area contributed by atoms with Gasteiger partial charge < -0.3 is 14.8 Å². The van der Waals surface area contributed by atoms with E-state index in [9.17, 15) is 0 Å². The summed E-state index contributed by atoms with van der Waals surface area (Å²) < 4.78 is 10.5. The number of hydrogen-bond acceptors (Lipinski definition) is 7. The van der Waals surface area contributed by atoms with Crippen molar-refractivity contribution in [2.24, 2.45) is 0 Å². The fraction of sp³-hybridized carbons (Fsp3) is 0.467. The van der Waals surface area contributed by atoms with Crippen LogP contribution >= 0.6 is 11.3 Å². The molecule has 0 bridgehead atoms. The van der Waals surface area contributed by atoms with Crippen LogP contribution in [0.2, 0.25) is 0 Å². The number of benzene rings is 1. The van der Waals surface area contributed by atoms with Gasteiger partial charge in [-0.05, 0) is 24.3 Å². The van der Waals surface area contributed by atoms with Gasteiger partial charge in [0.05, 0.1) is 20.3 Å². The fourth-order valence-electron chi connectivity index (χ4n) is 2.29. The number of anilines is 1. The molecule has 2 heterocycles. The van der Waals surface area contributed by atoms with Gasteiger partial charge >= 0.3 is 0 Å². The lowest BCUT2D eigenvalue weighted by atomic mass is 10.2. The summed E-state index contributed by atoms with van der Waals surface area (Å²) in [6.45, 7) is 5.56. The highest BCUT2D eigenvalue weighted by atomic mass is 32.1. The highest BCUT2D eigenvalue weighted by Gasteiger charge is 2.10. The Morgan fingerprint density at radius 2 is 2.00 bits per heavy atom. The number of aromatic nitrogens is 2. The summed E-state index contributed by atoms with van der Waals surface area (Å²) in [5.41, 5.74) is 1.06. The molecule has 1 aliphatic heterocycles. The van der Waals surface area contributed by atoms with Crippen LogP contribution in [0.1, 0.15) is 0 Å². The molecule has 0 radical (unpaired) electrons. The van der Waals surface area contributed by atoms with E-state index >= 15 is 0 Å². The van der Waals surface area contributed by atoms with Crippen molar-refractivity contribution in [2.75, 3.05) is 51.8 Å². The maximum absolute atomic E-state index is 5.34. The first-order valence-electron chi connectivity index (χ1n) is 7.37. The summed E-state index contributed by atoms with van der Waals surface area (Å²) in [6, 6.07) is 7.86. The standard InChI is InChI=1S/C15H20N4O2S/c1-20-13-4-2-12(3-5-13)14-17-18-15(22-14)16-6-7-19-8-10-21-11-9-19/h2-5H,6-11H2,1H3,(H,16,18). The lowest BCUT2D eigenvalue weighted by Gasteiger charge is -2.26. The molecular formula is C15H20N4O2S. The topological polar surface area (TPSA) is 59.5 Å². The van der Waals surface area contributed by atoms with Gasteiger partial charge in [0.2, 0.25) is 5.13 Å². The third-order valence-electron chi connectivity index (χ3n) is 3.57. The molecule has 118 valence electrons. The number of methoxy groups -OCH3 is 1. The molecule has 0 saturated carbocycles. The Hall–Kier alpha value is -1.70. The Labute approximate surface area is 134 Å². The maximum Gasteiger partial charge on any atom is 0.206 e. The van der Waals surface area contributed by atoms with E-state index < -0.39 is 0 Å². The van der Waals surface area contributed by atoms with E-state index in [2.05, 4.69) is 20.4 Å². The Balaban J connectivity index is 1.51. The van der Waals surface area contributed by atoms with Crippen molar-refractivity contribution in [3.63, 3.8) is 0 Å². The van der Waals surface area contributed by atoms with Crippen LogP contribution < -0.4 is 10.1 Å². The van der Waals surface area contributed by atoms with Crippen LogP contribution in [0.5, 0.6) is 5.75 Å². The van der Waals surface area contributed by atoms with E-state index in [4.69, 9.17) is 9.47 Å². The molecule has 0 unspecified atom stereocenters. The molecule has 2 aromatic rings. The van der Waals surface area contributed by atoms with E-state index in [1.54, 1.807) is 18.4 Å². The first-order valence-corrected chi connectivity index (χ1v) is 8.19. The van der Waals surface area contributed by atoms with Crippen LogP contribution in [-0.2, 0) is 4.74 Å². The average Bonchev–Trinajstić information content (AvgIpc) is 3.05. The molecule has 1 aromatic heterocycles. The molecule has 0 spiro atoms. The SMILES string of the molecule is COc1ccc(-c2nnc(NCCN3CCOCC3)s2)cc1. The van der Waals surface area contributed by atoms with Crippen molar-refractivity contribution in [1.29, 1.82) is 0 Å². The molecule has 0 atom stereocenters. The molecule has 3 rings (SSSR count). The molecule has 6 nitrogen and oxygen atoms in total. The summed E-state index contributed by atoms with van der Waals surface area (Å²) in [4.78, 5) is 2.39. The lowest BCUT2D eigenvalue weighted by molar-refractivity contribution is 0.0398. The van der Waals surface area contributed by atoms with Crippen molar-refractivity contribution in [3.8, 4) is 16.3 Å². The molecule has 0 aliphatic carbocycles. The van der Waals surface area contributed by atoms with Crippen molar-refractivity contribution < 1.29 is 9.47 Å². The van der Waals surface area contributed by atoms with Gasteiger partial charge in [-0.1, -0.05) is 11.3 Å². The zero-order chi connectivity index (χ0) is 15.2. The number of rotatable bonds is 6. The summed E-state index contributed by atoms with van der Waals surface area (Å²) in [7, 11) is 1.66. The van der Waals surface area contributed by atoms with Crippen LogP contribution in [0.4, 0.5) is 5.13 Å². The zero-order valence-corrected chi connectivity index (χ0v) is 13.4. The van der Waals surface area contributed by atoms with Gasteiger partial charge in [-0.25, -0.2) is 0 Å². The molecule has 1 aliphatic rings. The second-order valence-electron chi connectivity index (χ2n) is 5.02. The predicted octanol–water partition coefficient (Wildman–Crippen LogP) is 1.96. The molecular weight excluding hydrogens is 300 g/mol. The number of ether oxygens (including phenoxy) is 2. The fourth-order valence-corrected chi connectivity index (χ4v) is 3.07. The van der Waals surface area contributed by atoms with E-state index in [-0.39, 0.29) is 0 Å². The van der Waals surface area contributed by atoms with E-state index in [1.165, 1.54) is 0 Å². The maximum atomic E-state index is 5.34. The van der Waals surface area contributed by atoms with Gasteiger partial charge in [0, 0.05) is 31.7 Å². The lowest BCUT2D eigenvalue weighted by Crippen LogP contribution is -2.38. The molecule has 0 amide bonds. The van der Waals surface area contributed by atoms with Crippen LogP contribution in [0.15, 0.2) is 24.3 Å². The van der Waals surface area contributed by atoms with Crippen molar-refractivity contribution in [2.45, 2.75) is 0 Å². The summed E-state index contributed by atoms with van der Waals surface area (Å²) >= 11 is 1.57. The summed E-state index contributed by atoms with van der Waals surface area (Å²) in [6.07, 6.45) is 0. The van der Waals surface area contributed by atoms with Crippen molar-refractivity contribution >= 4 is 16.5 Å². The molecule has 1 saturated heterocycles. The Kier molecular flexibility index (Phi) is 5.20. The quantitative estimate of drug-likeness (QED) is 0.878. The average molecular weight is 320 g/mol.